The van der Waals surface area contributed by atoms with Gasteiger partial charge >= 0.3 is 12.1 Å². The molecule has 0 heterocycles. The smallest absolute Gasteiger partial charge is 0.416 e. The molecule has 0 amide bonds. The molecule has 0 saturated heterocycles. The van der Waals surface area contributed by atoms with Gasteiger partial charge in [-0.2, -0.15) is 13.2 Å². The van der Waals surface area contributed by atoms with Crippen LogP contribution in [0.1, 0.15) is 21.5 Å². The number of alkyl halides is 3. The van der Waals surface area contributed by atoms with Gasteiger partial charge in [0.15, 0.2) is 0 Å². The van der Waals surface area contributed by atoms with Gasteiger partial charge in [0.1, 0.15) is 12.4 Å². The molecule has 0 unspecified atom stereocenters. The van der Waals surface area contributed by atoms with E-state index >= 15 is 0 Å². The van der Waals surface area contributed by atoms with Gasteiger partial charge in [0.25, 0.3) is 0 Å². The Morgan fingerprint density at radius 1 is 0.889 bits per heavy atom. The minimum atomic E-state index is -4.64. The van der Waals surface area contributed by atoms with Gasteiger partial charge in [-0.05, 0) is 47.0 Å². The number of ether oxygens (including phenoxy) is 1. The van der Waals surface area contributed by atoms with Crippen LogP contribution in [0, 0.1) is 0 Å². The number of hydrogen-bond donors (Lipinski definition) is 1. The minimum Gasteiger partial charge on any atom is -0.489 e. The van der Waals surface area contributed by atoms with E-state index in [-0.39, 0.29) is 5.56 Å². The van der Waals surface area contributed by atoms with E-state index in [1.165, 1.54) is 6.07 Å². The molecule has 0 aromatic heterocycles. The number of halogens is 3. The van der Waals surface area contributed by atoms with E-state index in [0.717, 1.165) is 11.6 Å². The van der Waals surface area contributed by atoms with Crippen LogP contribution in [0.15, 0.2) is 72.8 Å². The highest BCUT2D eigenvalue weighted by Gasteiger charge is 2.32. The first-order valence-corrected chi connectivity index (χ1v) is 8.06. The van der Waals surface area contributed by atoms with Gasteiger partial charge in [-0.1, -0.05) is 42.5 Å². The Hall–Kier alpha value is -3.28. The van der Waals surface area contributed by atoms with Gasteiger partial charge in [-0.15, -0.1) is 0 Å². The summed E-state index contributed by atoms with van der Waals surface area (Å²) in [6.45, 7) is 0.313. The second kappa shape index (κ2) is 7.53. The third-order valence-electron chi connectivity index (χ3n) is 3.92. The summed E-state index contributed by atoms with van der Waals surface area (Å²) >= 11 is 0. The van der Waals surface area contributed by atoms with Crippen molar-refractivity contribution in [2.24, 2.45) is 0 Å². The summed E-state index contributed by atoms with van der Waals surface area (Å²) in [4.78, 5) is 11.2. The molecule has 1 N–H and O–H groups in total. The van der Waals surface area contributed by atoms with Gasteiger partial charge in [0.05, 0.1) is 11.1 Å². The number of rotatable bonds is 5. The SMILES string of the molecule is O=C(O)c1cc(-c2cccc(OCc3ccccc3)c2)cc(C(F)(F)F)c1. The summed E-state index contributed by atoms with van der Waals surface area (Å²) < 4.78 is 45.0. The monoisotopic (exact) mass is 372 g/mol. The number of hydrogen-bond acceptors (Lipinski definition) is 2. The maximum atomic E-state index is 13.1. The first kappa shape index (κ1) is 18.5. The number of carbonyl (C=O) groups is 1. The molecule has 3 rings (SSSR count). The number of carboxylic acid groups (broad SMARTS) is 1. The first-order chi connectivity index (χ1) is 12.8. The molecular weight excluding hydrogens is 357 g/mol. The largest absolute Gasteiger partial charge is 0.489 e. The van der Waals surface area contributed by atoms with Crippen molar-refractivity contribution in [3.05, 3.63) is 89.5 Å². The lowest BCUT2D eigenvalue weighted by atomic mass is 9.99. The van der Waals surface area contributed by atoms with E-state index < -0.39 is 23.3 Å². The van der Waals surface area contributed by atoms with Crippen LogP contribution in [0.25, 0.3) is 11.1 Å². The topological polar surface area (TPSA) is 46.5 Å². The first-order valence-electron chi connectivity index (χ1n) is 8.06. The zero-order valence-electron chi connectivity index (χ0n) is 14.0. The van der Waals surface area contributed by atoms with Crippen molar-refractivity contribution in [3.63, 3.8) is 0 Å². The normalized spacial score (nSPS) is 11.2. The highest BCUT2D eigenvalue weighted by Crippen LogP contribution is 2.34. The fraction of sp³-hybridized carbons (Fsp3) is 0.0952. The van der Waals surface area contributed by atoms with Crippen LogP contribution in [-0.2, 0) is 12.8 Å². The Balaban J connectivity index is 1.92. The molecule has 6 heteroatoms. The van der Waals surface area contributed by atoms with Crippen molar-refractivity contribution in [3.8, 4) is 16.9 Å². The van der Waals surface area contributed by atoms with Gasteiger partial charge in [-0.25, -0.2) is 4.79 Å². The van der Waals surface area contributed by atoms with Crippen molar-refractivity contribution < 1.29 is 27.8 Å². The van der Waals surface area contributed by atoms with Crippen LogP contribution >= 0.6 is 0 Å². The van der Waals surface area contributed by atoms with Crippen molar-refractivity contribution in [2.45, 2.75) is 12.8 Å². The quantitative estimate of drug-likeness (QED) is 0.630. The molecular formula is C21H15F3O3. The van der Waals surface area contributed by atoms with Crippen LogP contribution in [0.5, 0.6) is 5.75 Å². The number of carboxylic acids is 1. The Morgan fingerprint density at radius 3 is 2.30 bits per heavy atom. The lowest BCUT2D eigenvalue weighted by molar-refractivity contribution is -0.137. The fourth-order valence-corrected chi connectivity index (χ4v) is 2.59. The molecule has 0 atom stereocenters. The molecule has 0 aliphatic rings. The van der Waals surface area contributed by atoms with Crippen molar-refractivity contribution in [1.29, 1.82) is 0 Å². The van der Waals surface area contributed by atoms with E-state index in [0.29, 0.717) is 24.0 Å². The third kappa shape index (κ3) is 4.67. The van der Waals surface area contributed by atoms with Crippen molar-refractivity contribution in [2.75, 3.05) is 0 Å². The molecule has 0 fully saturated rings. The maximum Gasteiger partial charge on any atom is 0.416 e. The highest BCUT2D eigenvalue weighted by molar-refractivity contribution is 5.90. The summed E-state index contributed by atoms with van der Waals surface area (Å²) in [5.41, 5.74) is 0.125. The summed E-state index contributed by atoms with van der Waals surface area (Å²) in [6, 6.07) is 18.8. The van der Waals surface area contributed by atoms with Crippen molar-refractivity contribution >= 4 is 5.97 Å². The molecule has 0 spiro atoms. The van der Waals surface area contributed by atoms with E-state index in [1.807, 2.05) is 30.3 Å². The number of aromatic carboxylic acids is 1. The third-order valence-corrected chi connectivity index (χ3v) is 3.92. The molecule has 0 aliphatic heterocycles. The van der Waals surface area contributed by atoms with E-state index in [2.05, 4.69) is 0 Å². The van der Waals surface area contributed by atoms with E-state index in [4.69, 9.17) is 9.84 Å². The second-order valence-corrected chi connectivity index (χ2v) is 5.90. The Morgan fingerprint density at radius 2 is 1.63 bits per heavy atom. The molecule has 27 heavy (non-hydrogen) atoms. The van der Waals surface area contributed by atoms with Gasteiger partial charge in [0, 0.05) is 0 Å². The molecule has 3 aromatic rings. The van der Waals surface area contributed by atoms with Crippen LogP contribution < -0.4 is 4.74 Å². The average Bonchev–Trinajstić information content (AvgIpc) is 2.66. The fourth-order valence-electron chi connectivity index (χ4n) is 2.59. The summed E-state index contributed by atoms with van der Waals surface area (Å²) in [5.74, 6) is -0.940. The summed E-state index contributed by atoms with van der Waals surface area (Å²) in [7, 11) is 0. The van der Waals surface area contributed by atoms with Gasteiger partial charge < -0.3 is 9.84 Å². The summed E-state index contributed by atoms with van der Waals surface area (Å²) in [5, 5.41) is 9.12. The van der Waals surface area contributed by atoms with E-state index in [9.17, 15) is 18.0 Å². The van der Waals surface area contributed by atoms with Crippen LogP contribution in [0.3, 0.4) is 0 Å². The molecule has 0 radical (unpaired) electrons. The molecule has 0 aliphatic carbocycles. The Bertz CT molecular complexity index is 950. The molecule has 138 valence electrons. The maximum absolute atomic E-state index is 13.1. The van der Waals surface area contributed by atoms with Gasteiger partial charge in [0.2, 0.25) is 0 Å². The second-order valence-electron chi connectivity index (χ2n) is 5.90. The lowest BCUT2D eigenvalue weighted by Crippen LogP contribution is -2.08. The molecule has 3 nitrogen and oxygen atoms in total. The predicted molar refractivity (Wildman–Crippen MR) is 94.6 cm³/mol. The Kier molecular flexibility index (Phi) is 5.16. The molecule has 3 aromatic carbocycles. The summed E-state index contributed by atoms with van der Waals surface area (Å²) in [6.07, 6.45) is -4.64. The van der Waals surface area contributed by atoms with Gasteiger partial charge in [-0.3, -0.25) is 0 Å². The predicted octanol–water partition coefficient (Wildman–Crippen LogP) is 5.65. The zero-order chi connectivity index (χ0) is 19.4. The lowest BCUT2D eigenvalue weighted by Gasteiger charge is -2.12. The van der Waals surface area contributed by atoms with Crippen molar-refractivity contribution in [1.82, 2.24) is 0 Å². The Labute approximate surface area is 153 Å². The van der Waals surface area contributed by atoms with Crippen LogP contribution in [0.4, 0.5) is 13.2 Å². The molecule has 0 bridgehead atoms. The zero-order valence-corrected chi connectivity index (χ0v) is 14.0. The minimum absolute atomic E-state index is 0.160. The number of benzene rings is 3. The van der Waals surface area contributed by atoms with Crippen LogP contribution in [-0.4, -0.2) is 11.1 Å². The molecule has 0 saturated carbocycles. The highest BCUT2D eigenvalue weighted by atomic mass is 19.4. The van der Waals surface area contributed by atoms with Crippen LogP contribution in [0.2, 0.25) is 0 Å². The van der Waals surface area contributed by atoms with E-state index in [1.54, 1.807) is 24.3 Å². The average molecular weight is 372 g/mol. The standard InChI is InChI=1S/C21H15F3O3/c22-21(23,24)18-10-16(9-17(11-18)20(25)26)15-7-4-8-19(12-15)27-13-14-5-2-1-3-6-14/h1-12H,13H2,(H,25,26).